The number of fused-ring (bicyclic) bond motifs is 1. The third-order valence-electron chi connectivity index (χ3n) is 7.10. The number of nitrogens with zero attached hydrogens (tertiary/aromatic N) is 2. The van der Waals surface area contributed by atoms with Crippen LogP contribution in [0, 0.1) is 24.1 Å². The van der Waals surface area contributed by atoms with Crippen LogP contribution in [0.1, 0.15) is 28.5 Å². The van der Waals surface area contributed by atoms with E-state index in [4.69, 9.17) is 42.1 Å². The van der Waals surface area contributed by atoms with Gasteiger partial charge in [0.2, 0.25) is 0 Å². The van der Waals surface area contributed by atoms with Crippen LogP contribution in [-0.2, 0) is 18.9 Å². The molecule has 5 rings (SSSR count). The molecule has 0 spiro atoms. The van der Waals surface area contributed by atoms with Crippen LogP contribution >= 0.6 is 23.4 Å². The average Bonchev–Trinajstić information content (AvgIpc) is 2.98. The minimum absolute atomic E-state index is 0.227. The highest BCUT2D eigenvalue weighted by atomic mass is 35.5. The van der Waals surface area contributed by atoms with E-state index in [9.17, 15) is 9.65 Å². The smallest absolute Gasteiger partial charge is 0.184 e. The number of rotatable bonds is 7. The first-order valence-corrected chi connectivity index (χ1v) is 14.2. The summed E-state index contributed by atoms with van der Waals surface area (Å²) in [6.45, 7) is 1.91. The first-order chi connectivity index (χ1) is 19.8. The molecule has 2 saturated heterocycles. The maximum atomic E-state index is 14.3. The van der Waals surface area contributed by atoms with E-state index < -0.39 is 36.1 Å². The lowest BCUT2D eigenvalue weighted by Gasteiger charge is -2.51. The van der Waals surface area contributed by atoms with E-state index in [1.165, 1.54) is 22.8 Å². The Morgan fingerprint density at radius 2 is 1.95 bits per heavy atom. The summed E-state index contributed by atoms with van der Waals surface area (Å²) < 4.78 is 39.3. The SMILES string of the molecule is COC1C(Sc2cc(Cl)ccc2C#N)OC2COC(c3ccccc3)OC2C1N(N)/C=C(\N)c1ccc(C)c(F)c1. The molecule has 2 fully saturated rings. The normalized spacial score (nSPS) is 26.2. The maximum absolute atomic E-state index is 14.3. The Balaban J connectivity index is 1.50. The lowest BCUT2D eigenvalue weighted by molar-refractivity contribution is -0.309. The minimum atomic E-state index is -0.649. The summed E-state index contributed by atoms with van der Waals surface area (Å²) >= 11 is 7.56. The van der Waals surface area contributed by atoms with Crippen molar-refractivity contribution in [2.75, 3.05) is 13.7 Å². The number of halogens is 2. The zero-order valence-corrected chi connectivity index (χ0v) is 24.0. The number of nitrogens with two attached hydrogens (primary N) is 2. The van der Waals surface area contributed by atoms with E-state index in [0.29, 0.717) is 26.6 Å². The molecule has 4 N–H and O–H groups in total. The van der Waals surface area contributed by atoms with Crippen LogP contribution in [0.2, 0.25) is 5.02 Å². The fourth-order valence-corrected chi connectivity index (χ4v) is 6.46. The van der Waals surface area contributed by atoms with Crippen molar-refractivity contribution in [3.05, 3.63) is 106 Å². The van der Waals surface area contributed by atoms with Gasteiger partial charge in [-0.1, -0.05) is 65.8 Å². The van der Waals surface area contributed by atoms with Gasteiger partial charge in [-0.25, -0.2) is 10.2 Å². The lowest BCUT2D eigenvalue weighted by atomic mass is 9.95. The molecule has 0 saturated carbocycles. The largest absolute Gasteiger partial charge is 0.397 e. The van der Waals surface area contributed by atoms with Crippen molar-refractivity contribution in [3.63, 3.8) is 0 Å². The summed E-state index contributed by atoms with van der Waals surface area (Å²) in [5.41, 5.74) is 8.33. The summed E-state index contributed by atoms with van der Waals surface area (Å²) in [6.07, 6.45) is -0.865. The first-order valence-electron chi connectivity index (χ1n) is 12.9. The monoisotopic (exact) mass is 596 g/mol. The average molecular weight is 597 g/mol. The topological polar surface area (TPSA) is 116 Å². The summed E-state index contributed by atoms with van der Waals surface area (Å²) in [4.78, 5) is 0.637. The fraction of sp³-hybridized carbons (Fsp3) is 0.300. The van der Waals surface area contributed by atoms with Gasteiger partial charge in [-0.15, -0.1) is 0 Å². The van der Waals surface area contributed by atoms with Gasteiger partial charge in [0.05, 0.1) is 17.9 Å². The molecule has 3 aromatic rings. The van der Waals surface area contributed by atoms with Crippen LogP contribution in [0.15, 0.2) is 77.8 Å². The van der Waals surface area contributed by atoms with Crippen LogP contribution in [0.25, 0.3) is 5.70 Å². The Morgan fingerprint density at radius 3 is 2.66 bits per heavy atom. The molecular formula is C30H30ClFN4O4S. The van der Waals surface area contributed by atoms with Gasteiger partial charge in [0.15, 0.2) is 6.29 Å². The van der Waals surface area contributed by atoms with Gasteiger partial charge in [0.1, 0.15) is 41.7 Å². The van der Waals surface area contributed by atoms with Crippen LogP contribution in [0.5, 0.6) is 0 Å². The molecule has 0 aliphatic carbocycles. The summed E-state index contributed by atoms with van der Waals surface area (Å²) in [6, 6.07) is 21.0. The number of nitriles is 1. The first kappa shape index (κ1) is 29.4. The molecule has 2 aliphatic heterocycles. The maximum Gasteiger partial charge on any atom is 0.184 e. The predicted octanol–water partition coefficient (Wildman–Crippen LogP) is 5.11. The molecule has 6 atom stereocenters. The number of benzene rings is 3. The third-order valence-corrected chi connectivity index (χ3v) is 8.54. The number of thioether (sulfide) groups is 1. The van der Waals surface area contributed by atoms with Crippen molar-refractivity contribution in [1.29, 1.82) is 5.26 Å². The molecule has 0 aromatic heterocycles. The number of methoxy groups -OCH3 is 1. The second-order valence-electron chi connectivity index (χ2n) is 9.78. The minimum Gasteiger partial charge on any atom is -0.397 e. The van der Waals surface area contributed by atoms with Gasteiger partial charge < -0.3 is 29.7 Å². The molecular weight excluding hydrogens is 567 g/mol. The summed E-state index contributed by atoms with van der Waals surface area (Å²) in [5, 5.41) is 11.6. The highest BCUT2D eigenvalue weighted by molar-refractivity contribution is 7.99. The zero-order chi connectivity index (χ0) is 29.1. The third kappa shape index (κ3) is 6.37. The standard InChI is InChI=1S/C30H30ClFN4O4S/c1-17-8-9-19(12-22(17)32)23(34)15-36(35)26-27-24(16-38-29(40-27)18-6-4-3-5-7-18)39-30(28(26)37-2)41-25-13-21(31)11-10-20(25)14-33/h3-13,15,24,26-30H,16,34-35H2,1-2H3/b23-15-. The Bertz CT molecular complexity index is 1460. The Kier molecular flexibility index (Phi) is 9.16. The molecule has 3 aromatic carbocycles. The number of hydrazine groups is 1. The van der Waals surface area contributed by atoms with E-state index in [1.807, 2.05) is 30.3 Å². The number of ether oxygens (including phenoxy) is 4. The Morgan fingerprint density at radius 1 is 1.17 bits per heavy atom. The second kappa shape index (κ2) is 12.8. The molecule has 0 radical (unpaired) electrons. The summed E-state index contributed by atoms with van der Waals surface area (Å²) in [7, 11) is 1.56. The highest BCUT2D eigenvalue weighted by Gasteiger charge is 2.52. The van der Waals surface area contributed by atoms with Gasteiger partial charge >= 0.3 is 0 Å². The van der Waals surface area contributed by atoms with Crippen LogP contribution < -0.4 is 11.6 Å². The fourth-order valence-electron chi connectivity index (χ4n) is 4.94. The molecule has 6 unspecified atom stereocenters. The zero-order valence-electron chi connectivity index (χ0n) is 22.4. The number of hydrogen-bond acceptors (Lipinski definition) is 9. The van der Waals surface area contributed by atoms with Crippen LogP contribution in [-0.4, -0.2) is 48.5 Å². The van der Waals surface area contributed by atoms with Crippen LogP contribution in [0.3, 0.4) is 0 Å². The Labute approximate surface area is 247 Å². The van der Waals surface area contributed by atoms with Crippen molar-refractivity contribution in [1.82, 2.24) is 5.01 Å². The summed E-state index contributed by atoms with van der Waals surface area (Å²) in [5.74, 6) is 6.32. The molecule has 2 heterocycles. The molecule has 8 nitrogen and oxygen atoms in total. The second-order valence-corrected chi connectivity index (χ2v) is 11.4. The van der Waals surface area contributed by atoms with E-state index in [-0.39, 0.29) is 18.1 Å². The van der Waals surface area contributed by atoms with Crippen molar-refractivity contribution < 1.29 is 23.3 Å². The lowest BCUT2D eigenvalue weighted by Crippen LogP contribution is -2.67. The van der Waals surface area contributed by atoms with Gasteiger partial charge in [-0.05, 0) is 36.8 Å². The molecule has 0 amide bonds. The van der Waals surface area contributed by atoms with Gasteiger partial charge in [0, 0.05) is 34.4 Å². The number of hydrogen-bond donors (Lipinski definition) is 2. The molecule has 0 bridgehead atoms. The van der Waals surface area contributed by atoms with Crippen molar-refractivity contribution in [2.45, 2.75) is 47.9 Å². The number of aryl methyl sites for hydroxylation is 1. The molecule has 41 heavy (non-hydrogen) atoms. The van der Waals surface area contributed by atoms with Gasteiger partial charge in [0.25, 0.3) is 0 Å². The van der Waals surface area contributed by atoms with E-state index in [1.54, 1.807) is 50.6 Å². The molecule has 11 heteroatoms. The molecule has 214 valence electrons. The van der Waals surface area contributed by atoms with Crippen molar-refractivity contribution in [2.24, 2.45) is 11.6 Å². The van der Waals surface area contributed by atoms with Crippen molar-refractivity contribution >= 4 is 29.1 Å². The van der Waals surface area contributed by atoms with Crippen molar-refractivity contribution in [3.8, 4) is 6.07 Å². The Hall–Kier alpha value is -3.14. The highest BCUT2D eigenvalue weighted by Crippen LogP contribution is 2.42. The van der Waals surface area contributed by atoms with E-state index in [0.717, 1.165) is 5.56 Å². The van der Waals surface area contributed by atoms with Gasteiger partial charge in [-0.2, -0.15) is 5.26 Å². The molecule has 2 aliphatic rings. The van der Waals surface area contributed by atoms with Gasteiger partial charge in [-0.3, -0.25) is 0 Å². The quantitative estimate of drug-likeness (QED) is 0.284. The predicted molar refractivity (Wildman–Crippen MR) is 155 cm³/mol. The van der Waals surface area contributed by atoms with E-state index in [2.05, 4.69) is 6.07 Å². The van der Waals surface area contributed by atoms with Crippen LogP contribution in [0.4, 0.5) is 4.39 Å². The van der Waals surface area contributed by atoms with E-state index >= 15 is 0 Å².